The van der Waals surface area contributed by atoms with Crippen molar-refractivity contribution in [2.75, 3.05) is 32.8 Å². The van der Waals surface area contributed by atoms with E-state index in [9.17, 15) is 9.59 Å². The Hall–Kier alpha value is -1.95. The zero-order valence-electron chi connectivity index (χ0n) is 15.0. The zero-order valence-corrected chi connectivity index (χ0v) is 15.7. The molecule has 1 fully saturated rings. The van der Waals surface area contributed by atoms with Gasteiger partial charge in [0.2, 0.25) is 0 Å². The fourth-order valence-corrected chi connectivity index (χ4v) is 2.81. The predicted molar refractivity (Wildman–Crippen MR) is 96.1 cm³/mol. The van der Waals surface area contributed by atoms with Crippen molar-refractivity contribution in [3.05, 3.63) is 28.8 Å². The van der Waals surface area contributed by atoms with Crippen LogP contribution in [0.3, 0.4) is 0 Å². The van der Waals surface area contributed by atoms with Crippen LogP contribution in [0.25, 0.3) is 0 Å². The third kappa shape index (κ3) is 5.01. The number of rotatable bonds is 5. The van der Waals surface area contributed by atoms with Crippen molar-refractivity contribution in [3.63, 3.8) is 0 Å². The van der Waals surface area contributed by atoms with Crippen LogP contribution in [0.5, 0.6) is 5.75 Å². The minimum Gasteiger partial charge on any atom is -0.481 e. The molecule has 1 heterocycles. The fraction of sp³-hybridized carbons (Fsp3) is 0.556. The van der Waals surface area contributed by atoms with Crippen LogP contribution >= 0.6 is 11.6 Å². The molecule has 1 unspecified atom stereocenters. The molecule has 1 aliphatic rings. The number of benzene rings is 1. The molecule has 2 rings (SSSR count). The SMILES string of the molecule is CCOC(=O)N1CCN(C(=O)C(CC)Oc2ccc(Cl)c(C)c2)CC1. The number of carbonyl (C=O) groups is 2. The van der Waals surface area contributed by atoms with Gasteiger partial charge in [-0.25, -0.2) is 4.79 Å². The Morgan fingerprint density at radius 3 is 2.36 bits per heavy atom. The van der Waals surface area contributed by atoms with E-state index in [-0.39, 0.29) is 12.0 Å². The van der Waals surface area contributed by atoms with Gasteiger partial charge in [0.25, 0.3) is 5.91 Å². The number of carbonyl (C=O) groups excluding carboxylic acids is 2. The van der Waals surface area contributed by atoms with E-state index in [0.717, 1.165) is 5.56 Å². The summed E-state index contributed by atoms with van der Waals surface area (Å²) in [5.41, 5.74) is 0.907. The largest absolute Gasteiger partial charge is 0.481 e. The van der Waals surface area contributed by atoms with Crippen LogP contribution in [0.4, 0.5) is 4.79 Å². The van der Waals surface area contributed by atoms with Crippen molar-refractivity contribution in [1.82, 2.24) is 9.80 Å². The Balaban J connectivity index is 1.94. The van der Waals surface area contributed by atoms with E-state index in [2.05, 4.69) is 0 Å². The summed E-state index contributed by atoms with van der Waals surface area (Å²) >= 11 is 6.02. The first-order chi connectivity index (χ1) is 12.0. The van der Waals surface area contributed by atoms with Crippen molar-refractivity contribution >= 4 is 23.6 Å². The molecule has 1 atom stereocenters. The van der Waals surface area contributed by atoms with Crippen molar-refractivity contribution in [2.24, 2.45) is 0 Å². The van der Waals surface area contributed by atoms with Gasteiger partial charge in [0.1, 0.15) is 5.75 Å². The lowest BCUT2D eigenvalue weighted by Crippen LogP contribution is -2.53. The first kappa shape index (κ1) is 19.4. The van der Waals surface area contributed by atoms with Gasteiger partial charge in [0.05, 0.1) is 6.61 Å². The third-order valence-electron chi connectivity index (χ3n) is 4.17. The Labute approximate surface area is 153 Å². The first-order valence-corrected chi connectivity index (χ1v) is 8.97. The van der Waals surface area contributed by atoms with Gasteiger partial charge in [-0.2, -0.15) is 0 Å². The highest BCUT2D eigenvalue weighted by Crippen LogP contribution is 2.23. The van der Waals surface area contributed by atoms with E-state index in [1.807, 2.05) is 19.9 Å². The molecule has 0 aromatic heterocycles. The van der Waals surface area contributed by atoms with Crippen LogP contribution in [-0.4, -0.2) is 60.7 Å². The summed E-state index contributed by atoms with van der Waals surface area (Å²) in [5.74, 6) is 0.575. The molecule has 7 heteroatoms. The normalized spacial score (nSPS) is 15.7. The molecule has 25 heavy (non-hydrogen) atoms. The zero-order chi connectivity index (χ0) is 18.4. The second-order valence-corrected chi connectivity index (χ2v) is 6.34. The summed E-state index contributed by atoms with van der Waals surface area (Å²) in [6, 6.07) is 5.36. The number of aryl methyl sites for hydroxylation is 1. The molecule has 1 saturated heterocycles. The number of piperazine rings is 1. The number of halogens is 1. The molecular formula is C18H25ClN2O4. The molecular weight excluding hydrogens is 344 g/mol. The fourth-order valence-electron chi connectivity index (χ4n) is 2.69. The van der Waals surface area contributed by atoms with E-state index >= 15 is 0 Å². The van der Waals surface area contributed by atoms with Gasteiger partial charge in [-0.1, -0.05) is 18.5 Å². The quantitative estimate of drug-likeness (QED) is 0.801. The van der Waals surface area contributed by atoms with E-state index < -0.39 is 6.10 Å². The Morgan fingerprint density at radius 1 is 1.16 bits per heavy atom. The lowest BCUT2D eigenvalue weighted by Gasteiger charge is -2.35. The third-order valence-corrected chi connectivity index (χ3v) is 4.60. The maximum absolute atomic E-state index is 12.7. The van der Waals surface area contributed by atoms with E-state index in [1.54, 1.807) is 28.9 Å². The molecule has 0 N–H and O–H groups in total. The van der Waals surface area contributed by atoms with Crippen LogP contribution in [-0.2, 0) is 9.53 Å². The number of hydrogen-bond acceptors (Lipinski definition) is 4. The van der Waals surface area contributed by atoms with Crippen LogP contribution in [0, 0.1) is 6.92 Å². The predicted octanol–water partition coefficient (Wildman–Crippen LogP) is 3.11. The molecule has 0 saturated carbocycles. The van der Waals surface area contributed by atoms with Crippen molar-refractivity contribution < 1.29 is 19.1 Å². The molecule has 6 nitrogen and oxygen atoms in total. The summed E-state index contributed by atoms with van der Waals surface area (Å²) in [6.45, 7) is 7.85. The van der Waals surface area contributed by atoms with Gasteiger partial charge >= 0.3 is 6.09 Å². The van der Waals surface area contributed by atoms with Gasteiger partial charge in [-0.15, -0.1) is 0 Å². The summed E-state index contributed by atoms with van der Waals surface area (Å²) in [6.07, 6.45) is -0.303. The van der Waals surface area contributed by atoms with Crippen molar-refractivity contribution in [1.29, 1.82) is 0 Å². The second-order valence-electron chi connectivity index (χ2n) is 5.94. The summed E-state index contributed by atoms with van der Waals surface area (Å²) < 4.78 is 10.9. The van der Waals surface area contributed by atoms with Gasteiger partial charge in [-0.05, 0) is 44.0 Å². The molecule has 1 aliphatic heterocycles. The van der Waals surface area contributed by atoms with Crippen LogP contribution in [0.2, 0.25) is 5.02 Å². The molecule has 1 aromatic carbocycles. The number of nitrogens with zero attached hydrogens (tertiary/aromatic N) is 2. The average Bonchev–Trinajstić information content (AvgIpc) is 2.62. The van der Waals surface area contributed by atoms with Gasteiger partial charge in [0.15, 0.2) is 6.10 Å². The standard InChI is InChI=1S/C18H25ClN2O4/c1-4-16(25-14-6-7-15(19)13(3)12-14)17(22)20-8-10-21(11-9-20)18(23)24-5-2/h6-7,12,16H,4-5,8-11H2,1-3H3. The highest BCUT2D eigenvalue weighted by Gasteiger charge is 2.29. The molecule has 2 amide bonds. The Bertz CT molecular complexity index is 615. The summed E-state index contributed by atoms with van der Waals surface area (Å²) in [7, 11) is 0. The minimum absolute atomic E-state index is 0.0568. The second kappa shape index (κ2) is 8.94. The average molecular weight is 369 g/mol. The topological polar surface area (TPSA) is 59.1 Å². The highest BCUT2D eigenvalue weighted by atomic mass is 35.5. The van der Waals surface area contributed by atoms with E-state index in [4.69, 9.17) is 21.1 Å². The lowest BCUT2D eigenvalue weighted by atomic mass is 10.2. The summed E-state index contributed by atoms with van der Waals surface area (Å²) in [5, 5.41) is 0.668. The first-order valence-electron chi connectivity index (χ1n) is 8.59. The van der Waals surface area contributed by atoms with Crippen LogP contribution in [0.1, 0.15) is 25.8 Å². The van der Waals surface area contributed by atoms with E-state index in [1.165, 1.54) is 0 Å². The molecule has 0 bridgehead atoms. The maximum Gasteiger partial charge on any atom is 0.409 e. The Morgan fingerprint density at radius 2 is 1.80 bits per heavy atom. The summed E-state index contributed by atoms with van der Waals surface area (Å²) in [4.78, 5) is 27.8. The van der Waals surface area contributed by atoms with Crippen LogP contribution in [0.15, 0.2) is 18.2 Å². The van der Waals surface area contributed by atoms with Gasteiger partial charge < -0.3 is 19.3 Å². The monoisotopic (exact) mass is 368 g/mol. The molecule has 1 aromatic rings. The van der Waals surface area contributed by atoms with Gasteiger partial charge in [-0.3, -0.25) is 4.79 Å². The number of amides is 2. The lowest BCUT2D eigenvalue weighted by molar-refractivity contribution is -0.140. The molecule has 0 radical (unpaired) electrons. The molecule has 0 aliphatic carbocycles. The highest BCUT2D eigenvalue weighted by molar-refractivity contribution is 6.31. The molecule has 138 valence electrons. The minimum atomic E-state index is -0.547. The van der Waals surface area contributed by atoms with Crippen molar-refractivity contribution in [3.8, 4) is 5.75 Å². The molecule has 0 spiro atoms. The smallest absolute Gasteiger partial charge is 0.409 e. The Kier molecular flexibility index (Phi) is 6.93. The maximum atomic E-state index is 12.7. The van der Waals surface area contributed by atoms with E-state index in [0.29, 0.717) is 50.0 Å². The van der Waals surface area contributed by atoms with Gasteiger partial charge in [0, 0.05) is 31.2 Å². The van der Waals surface area contributed by atoms with Crippen LogP contribution < -0.4 is 4.74 Å². The number of hydrogen-bond donors (Lipinski definition) is 0. The number of ether oxygens (including phenoxy) is 2. The van der Waals surface area contributed by atoms with Crippen molar-refractivity contribution in [2.45, 2.75) is 33.3 Å².